The van der Waals surface area contributed by atoms with Crippen molar-refractivity contribution in [3.63, 3.8) is 0 Å². The molecule has 0 aliphatic carbocycles. The van der Waals surface area contributed by atoms with E-state index in [1.807, 2.05) is 23.1 Å². The van der Waals surface area contributed by atoms with Crippen LogP contribution >= 0.6 is 23.2 Å². The molecule has 2 heterocycles. The topological polar surface area (TPSA) is 44.8 Å². The first-order chi connectivity index (χ1) is 16.2. The lowest BCUT2D eigenvalue weighted by Crippen LogP contribution is -2.46. The SMILES string of the molecule is O=C1CCc2ccc(OCCCCN3CCN(c4cc(C(F)(F)F)cc(Cl)c4Cl)CC3)cc2N1. The van der Waals surface area contributed by atoms with Gasteiger partial charge in [-0.05, 0) is 49.6 Å². The maximum absolute atomic E-state index is 13.2. The van der Waals surface area contributed by atoms with E-state index in [1.165, 1.54) is 0 Å². The molecule has 2 aliphatic heterocycles. The maximum atomic E-state index is 13.2. The van der Waals surface area contributed by atoms with E-state index in [2.05, 4.69) is 10.2 Å². The van der Waals surface area contributed by atoms with Crippen molar-refractivity contribution in [2.75, 3.05) is 49.5 Å². The van der Waals surface area contributed by atoms with Crippen molar-refractivity contribution in [2.24, 2.45) is 0 Å². The molecule has 5 nitrogen and oxygen atoms in total. The number of unbranched alkanes of at least 4 members (excludes halogenated alkanes) is 1. The van der Waals surface area contributed by atoms with E-state index in [0.717, 1.165) is 68.0 Å². The van der Waals surface area contributed by atoms with Gasteiger partial charge in [-0.25, -0.2) is 0 Å². The van der Waals surface area contributed by atoms with Gasteiger partial charge in [-0.1, -0.05) is 29.3 Å². The van der Waals surface area contributed by atoms with Crippen LogP contribution < -0.4 is 15.0 Å². The fourth-order valence-corrected chi connectivity index (χ4v) is 4.69. The number of halogens is 5. The zero-order chi connectivity index (χ0) is 24.3. The van der Waals surface area contributed by atoms with Gasteiger partial charge in [0.15, 0.2) is 0 Å². The van der Waals surface area contributed by atoms with Gasteiger partial charge in [-0.2, -0.15) is 13.2 Å². The molecule has 2 aromatic carbocycles. The number of carbonyl (C=O) groups excluding carboxylic acids is 1. The van der Waals surface area contributed by atoms with Gasteiger partial charge in [-0.3, -0.25) is 9.69 Å². The number of aryl methyl sites for hydroxylation is 1. The van der Waals surface area contributed by atoms with E-state index in [0.29, 0.717) is 31.8 Å². The van der Waals surface area contributed by atoms with Crippen molar-refractivity contribution in [2.45, 2.75) is 31.9 Å². The van der Waals surface area contributed by atoms with E-state index >= 15 is 0 Å². The zero-order valence-corrected chi connectivity index (χ0v) is 20.1. The molecule has 34 heavy (non-hydrogen) atoms. The number of anilines is 2. The number of piperazine rings is 1. The third kappa shape index (κ3) is 6.09. The second-order valence-electron chi connectivity index (χ2n) is 8.54. The maximum Gasteiger partial charge on any atom is 0.416 e. The summed E-state index contributed by atoms with van der Waals surface area (Å²) in [7, 11) is 0. The minimum Gasteiger partial charge on any atom is -0.494 e. The Morgan fingerprint density at radius 2 is 1.76 bits per heavy atom. The van der Waals surface area contributed by atoms with E-state index in [9.17, 15) is 18.0 Å². The van der Waals surface area contributed by atoms with Crippen molar-refractivity contribution >= 4 is 40.5 Å². The molecule has 2 aromatic rings. The predicted molar refractivity (Wildman–Crippen MR) is 128 cm³/mol. The molecule has 1 saturated heterocycles. The summed E-state index contributed by atoms with van der Waals surface area (Å²) in [5.41, 5.74) is 1.49. The van der Waals surface area contributed by atoms with Gasteiger partial charge in [-0.15, -0.1) is 0 Å². The molecule has 1 N–H and O–H groups in total. The summed E-state index contributed by atoms with van der Waals surface area (Å²) in [4.78, 5) is 15.7. The molecule has 184 valence electrons. The molecule has 4 rings (SSSR count). The molecular weight excluding hydrogens is 490 g/mol. The number of hydrogen-bond donors (Lipinski definition) is 1. The Bertz CT molecular complexity index is 1040. The molecule has 0 bridgehead atoms. The summed E-state index contributed by atoms with van der Waals surface area (Å²) in [5.74, 6) is 0.773. The molecule has 0 atom stereocenters. The highest BCUT2D eigenvalue weighted by Crippen LogP contribution is 2.40. The lowest BCUT2D eigenvalue weighted by Gasteiger charge is -2.36. The van der Waals surface area contributed by atoms with Gasteiger partial charge in [0.1, 0.15) is 5.75 Å². The smallest absolute Gasteiger partial charge is 0.416 e. The summed E-state index contributed by atoms with van der Waals surface area (Å²) >= 11 is 12.2. The molecule has 1 amide bonds. The molecular formula is C24H26Cl2F3N3O2. The summed E-state index contributed by atoms with van der Waals surface area (Å²) in [5, 5.41) is 2.94. The largest absolute Gasteiger partial charge is 0.494 e. The molecule has 0 spiro atoms. The van der Waals surface area contributed by atoms with Crippen molar-refractivity contribution in [3.8, 4) is 5.75 Å². The van der Waals surface area contributed by atoms with Gasteiger partial charge in [0.05, 0.1) is 27.9 Å². The number of alkyl halides is 3. The fraction of sp³-hybridized carbons (Fsp3) is 0.458. The quantitative estimate of drug-likeness (QED) is 0.467. The average molecular weight is 516 g/mol. The third-order valence-corrected chi connectivity index (χ3v) is 6.96. The summed E-state index contributed by atoms with van der Waals surface area (Å²) in [6, 6.07) is 7.74. The summed E-state index contributed by atoms with van der Waals surface area (Å²) in [6.45, 7) is 4.08. The molecule has 10 heteroatoms. The number of nitrogens with zero attached hydrogens (tertiary/aromatic N) is 2. The number of nitrogens with one attached hydrogen (secondary N) is 1. The Morgan fingerprint density at radius 3 is 2.50 bits per heavy atom. The molecule has 0 radical (unpaired) electrons. The molecule has 2 aliphatic rings. The van der Waals surface area contributed by atoms with Crippen LogP contribution in [0, 0.1) is 0 Å². The van der Waals surface area contributed by atoms with Crippen LogP contribution in [0.2, 0.25) is 10.0 Å². The first kappa shape index (κ1) is 24.9. The monoisotopic (exact) mass is 515 g/mol. The minimum atomic E-state index is -4.47. The van der Waals surface area contributed by atoms with Crippen LogP contribution in [0.4, 0.5) is 24.5 Å². The zero-order valence-electron chi connectivity index (χ0n) is 18.6. The molecule has 1 fully saturated rings. The Labute approximate surface area is 206 Å². The number of fused-ring (bicyclic) bond motifs is 1. The van der Waals surface area contributed by atoms with Crippen LogP contribution in [0.1, 0.15) is 30.4 Å². The van der Waals surface area contributed by atoms with Crippen molar-refractivity contribution in [3.05, 3.63) is 51.5 Å². The van der Waals surface area contributed by atoms with E-state index in [-0.39, 0.29) is 16.0 Å². The second-order valence-corrected chi connectivity index (χ2v) is 9.33. The normalized spacial score (nSPS) is 16.9. The molecule has 0 aromatic heterocycles. The van der Waals surface area contributed by atoms with Crippen molar-refractivity contribution < 1.29 is 22.7 Å². The molecule has 0 saturated carbocycles. The van der Waals surface area contributed by atoms with E-state index in [1.54, 1.807) is 0 Å². The van der Waals surface area contributed by atoms with Crippen LogP contribution in [-0.2, 0) is 17.4 Å². The van der Waals surface area contributed by atoms with E-state index in [4.69, 9.17) is 27.9 Å². The fourth-order valence-electron chi connectivity index (χ4n) is 4.25. The summed E-state index contributed by atoms with van der Waals surface area (Å²) < 4.78 is 45.3. The van der Waals surface area contributed by atoms with Crippen LogP contribution in [0.3, 0.4) is 0 Å². The lowest BCUT2D eigenvalue weighted by atomic mass is 10.0. The standard InChI is InChI=1S/C24H26Cl2F3N3O2/c25-19-13-17(24(27,28)29)14-21(23(19)26)32-10-8-31(9-11-32)7-1-2-12-34-18-5-3-16-4-6-22(33)30-20(16)15-18/h3,5,13-15H,1-2,4,6-12H2,(H,30,33). The van der Waals surface area contributed by atoms with Gasteiger partial charge in [0.25, 0.3) is 0 Å². The predicted octanol–water partition coefficient (Wildman–Crippen LogP) is 5.88. The number of carbonyl (C=O) groups is 1. The van der Waals surface area contributed by atoms with Gasteiger partial charge in [0.2, 0.25) is 5.91 Å². The first-order valence-electron chi connectivity index (χ1n) is 11.3. The Balaban J connectivity index is 1.20. The number of ether oxygens (including phenoxy) is 1. The van der Waals surface area contributed by atoms with Crippen LogP contribution in [-0.4, -0.2) is 50.1 Å². The minimum absolute atomic E-state index is 0.0307. The van der Waals surface area contributed by atoms with Crippen molar-refractivity contribution in [1.29, 1.82) is 0 Å². The highest BCUT2D eigenvalue weighted by Gasteiger charge is 2.33. The van der Waals surface area contributed by atoms with Gasteiger partial charge < -0.3 is 15.0 Å². The third-order valence-electron chi connectivity index (χ3n) is 6.16. The van der Waals surface area contributed by atoms with Gasteiger partial charge in [0, 0.05) is 44.4 Å². The molecule has 0 unspecified atom stereocenters. The number of benzene rings is 2. The number of hydrogen-bond acceptors (Lipinski definition) is 4. The van der Waals surface area contributed by atoms with Crippen molar-refractivity contribution in [1.82, 2.24) is 4.90 Å². The number of amides is 1. The van der Waals surface area contributed by atoms with Gasteiger partial charge >= 0.3 is 6.18 Å². The Hall–Kier alpha value is -2.16. The first-order valence-corrected chi connectivity index (χ1v) is 12.1. The van der Waals surface area contributed by atoms with E-state index < -0.39 is 11.7 Å². The Morgan fingerprint density at radius 1 is 1.00 bits per heavy atom. The highest BCUT2D eigenvalue weighted by atomic mass is 35.5. The average Bonchev–Trinajstić information content (AvgIpc) is 2.80. The van der Waals surface area contributed by atoms with Crippen LogP contribution in [0.25, 0.3) is 0 Å². The van der Waals surface area contributed by atoms with Crippen LogP contribution in [0.15, 0.2) is 30.3 Å². The van der Waals surface area contributed by atoms with Crippen LogP contribution in [0.5, 0.6) is 5.75 Å². The number of rotatable bonds is 7. The lowest BCUT2D eigenvalue weighted by molar-refractivity contribution is -0.137. The second kappa shape index (κ2) is 10.6. The highest BCUT2D eigenvalue weighted by molar-refractivity contribution is 6.43. The Kier molecular flexibility index (Phi) is 7.80. The summed E-state index contributed by atoms with van der Waals surface area (Å²) in [6.07, 6.45) is -1.39.